The largest absolute Gasteiger partial charge is 0.459 e. The highest BCUT2D eigenvalue weighted by molar-refractivity contribution is 14.0. The first-order chi connectivity index (χ1) is 14.2. The van der Waals surface area contributed by atoms with Gasteiger partial charge in [0.25, 0.3) is 5.91 Å². The third-order valence-electron chi connectivity index (χ3n) is 4.10. The van der Waals surface area contributed by atoms with Gasteiger partial charge in [0, 0.05) is 23.8 Å². The lowest BCUT2D eigenvalue weighted by Gasteiger charge is -2.12. The fourth-order valence-corrected chi connectivity index (χ4v) is 2.88. The third kappa shape index (κ3) is 7.07. The molecule has 0 bridgehead atoms. The van der Waals surface area contributed by atoms with E-state index >= 15 is 0 Å². The number of nitrogens with zero attached hydrogens (tertiary/aromatic N) is 1. The number of rotatable bonds is 7. The van der Waals surface area contributed by atoms with Gasteiger partial charge in [-0.15, -0.1) is 24.0 Å². The van der Waals surface area contributed by atoms with Crippen LogP contribution in [0.4, 0.5) is 5.69 Å². The second-order valence-corrected chi connectivity index (χ2v) is 6.68. The summed E-state index contributed by atoms with van der Waals surface area (Å²) in [4.78, 5) is 16.7. The molecular formula is C22H24ClIN4O2. The molecule has 0 saturated carbocycles. The molecule has 0 aliphatic rings. The number of guanidine groups is 1. The second kappa shape index (κ2) is 12.2. The maximum atomic E-state index is 12.1. The first kappa shape index (κ1) is 23.8. The van der Waals surface area contributed by atoms with Crippen molar-refractivity contribution in [2.24, 2.45) is 4.99 Å². The highest BCUT2D eigenvalue weighted by atomic mass is 127. The van der Waals surface area contributed by atoms with Crippen molar-refractivity contribution >= 4 is 53.1 Å². The molecule has 6 nitrogen and oxygen atoms in total. The first-order valence-electron chi connectivity index (χ1n) is 9.35. The van der Waals surface area contributed by atoms with E-state index in [4.69, 9.17) is 16.0 Å². The summed E-state index contributed by atoms with van der Waals surface area (Å²) in [5.41, 5.74) is 2.66. The minimum atomic E-state index is -0.287. The van der Waals surface area contributed by atoms with E-state index in [9.17, 15) is 4.79 Å². The summed E-state index contributed by atoms with van der Waals surface area (Å²) in [7, 11) is 0. The van der Waals surface area contributed by atoms with Crippen LogP contribution in [0.3, 0.4) is 0 Å². The van der Waals surface area contributed by atoms with Crippen LogP contribution in [-0.4, -0.2) is 18.4 Å². The van der Waals surface area contributed by atoms with Gasteiger partial charge in [-0.1, -0.05) is 41.9 Å². The lowest BCUT2D eigenvalue weighted by molar-refractivity contribution is 0.0996. The van der Waals surface area contributed by atoms with E-state index in [2.05, 4.69) is 20.9 Å². The van der Waals surface area contributed by atoms with Gasteiger partial charge >= 0.3 is 0 Å². The monoisotopic (exact) mass is 538 g/mol. The standard InChI is InChI=1S/C22H23ClN4O2.HI/c1-2-24-22(26-15-17-8-3-4-10-19(17)23)25-14-16-7-5-9-18(13-16)27-21(28)20-11-6-12-29-20;/h3-13H,2,14-15H2,1H3,(H,27,28)(H2,24,25,26);1H. The fraction of sp³-hybridized carbons (Fsp3) is 0.182. The van der Waals surface area contributed by atoms with Gasteiger partial charge in [0.15, 0.2) is 11.7 Å². The molecule has 0 aliphatic carbocycles. The van der Waals surface area contributed by atoms with E-state index in [1.807, 2.05) is 55.5 Å². The summed E-state index contributed by atoms with van der Waals surface area (Å²) in [5.74, 6) is 0.675. The fourth-order valence-electron chi connectivity index (χ4n) is 2.68. The Morgan fingerprint density at radius 2 is 1.90 bits per heavy atom. The van der Waals surface area contributed by atoms with Crippen molar-refractivity contribution in [3.63, 3.8) is 0 Å². The summed E-state index contributed by atoms with van der Waals surface area (Å²) in [6, 6.07) is 18.6. The molecule has 3 rings (SSSR count). The molecule has 158 valence electrons. The van der Waals surface area contributed by atoms with Crippen LogP contribution >= 0.6 is 35.6 Å². The lowest BCUT2D eigenvalue weighted by atomic mass is 10.2. The van der Waals surface area contributed by atoms with Gasteiger partial charge in [0.1, 0.15) is 0 Å². The quantitative estimate of drug-likeness (QED) is 0.223. The van der Waals surface area contributed by atoms with Crippen LogP contribution in [0.1, 0.15) is 28.6 Å². The normalized spacial score (nSPS) is 10.8. The Kier molecular flexibility index (Phi) is 9.69. The van der Waals surface area contributed by atoms with Crippen molar-refractivity contribution in [1.82, 2.24) is 10.6 Å². The Morgan fingerprint density at radius 1 is 1.07 bits per heavy atom. The zero-order valence-electron chi connectivity index (χ0n) is 16.5. The van der Waals surface area contributed by atoms with Crippen molar-refractivity contribution in [2.75, 3.05) is 11.9 Å². The average Bonchev–Trinajstić information content (AvgIpc) is 3.26. The van der Waals surface area contributed by atoms with Gasteiger partial charge in [-0.25, -0.2) is 4.99 Å². The number of benzene rings is 2. The van der Waals surface area contributed by atoms with Gasteiger partial charge in [-0.05, 0) is 48.4 Å². The average molecular weight is 539 g/mol. The van der Waals surface area contributed by atoms with Crippen molar-refractivity contribution in [3.8, 4) is 0 Å². The molecule has 30 heavy (non-hydrogen) atoms. The molecule has 2 aromatic carbocycles. The maximum Gasteiger partial charge on any atom is 0.291 e. The molecule has 1 aromatic heterocycles. The van der Waals surface area contributed by atoms with Crippen molar-refractivity contribution in [3.05, 3.63) is 88.8 Å². The maximum absolute atomic E-state index is 12.1. The van der Waals surface area contributed by atoms with Crippen molar-refractivity contribution in [2.45, 2.75) is 20.0 Å². The Balaban J connectivity index is 0.00000320. The predicted octanol–water partition coefficient (Wildman–Crippen LogP) is 5.06. The number of amides is 1. The minimum absolute atomic E-state index is 0. The SMILES string of the molecule is CCNC(=NCc1cccc(NC(=O)c2ccco2)c1)NCc1ccccc1Cl.I. The number of hydrogen-bond donors (Lipinski definition) is 3. The van der Waals surface area contributed by atoms with E-state index < -0.39 is 0 Å². The molecule has 0 saturated heterocycles. The van der Waals surface area contributed by atoms with Crippen LogP contribution in [0.2, 0.25) is 5.02 Å². The Morgan fingerprint density at radius 3 is 2.63 bits per heavy atom. The molecule has 0 unspecified atom stereocenters. The van der Waals surface area contributed by atoms with Crippen molar-refractivity contribution < 1.29 is 9.21 Å². The number of carbonyl (C=O) groups is 1. The van der Waals surface area contributed by atoms with Crippen LogP contribution < -0.4 is 16.0 Å². The smallest absolute Gasteiger partial charge is 0.291 e. The molecule has 1 heterocycles. The van der Waals surface area contributed by atoms with E-state index in [-0.39, 0.29) is 35.6 Å². The summed E-state index contributed by atoms with van der Waals surface area (Å²) in [6.07, 6.45) is 1.47. The molecule has 0 spiro atoms. The highest BCUT2D eigenvalue weighted by Gasteiger charge is 2.09. The molecule has 0 radical (unpaired) electrons. The van der Waals surface area contributed by atoms with Gasteiger partial charge in [0.2, 0.25) is 0 Å². The number of nitrogens with one attached hydrogen (secondary N) is 3. The molecule has 3 aromatic rings. The molecule has 0 atom stereocenters. The summed E-state index contributed by atoms with van der Waals surface area (Å²) in [5, 5.41) is 10.0. The molecule has 8 heteroatoms. The summed E-state index contributed by atoms with van der Waals surface area (Å²) >= 11 is 6.21. The number of carbonyl (C=O) groups excluding carboxylic acids is 1. The first-order valence-corrected chi connectivity index (χ1v) is 9.73. The minimum Gasteiger partial charge on any atom is -0.459 e. The Labute approximate surface area is 198 Å². The molecule has 1 amide bonds. The van der Waals surface area contributed by atoms with Crippen LogP contribution in [0, 0.1) is 0 Å². The van der Waals surface area contributed by atoms with Crippen LogP contribution in [0.25, 0.3) is 0 Å². The van der Waals surface area contributed by atoms with Gasteiger partial charge in [0.05, 0.1) is 12.8 Å². The summed E-state index contributed by atoms with van der Waals surface area (Å²) < 4.78 is 5.12. The zero-order valence-corrected chi connectivity index (χ0v) is 19.6. The van der Waals surface area contributed by atoms with Crippen LogP contribution in [0.5, 0.6) is 0 Å². The number of anilines is 1. The number of halogens is 2. The third-order valence-corrected chi connectivity index (χ3v) is 4.47. The molecule has 0 fully saturated rings. The zero-order chi connectivity index (χ0) is 20.5. The number of aliphatic imine (C=N–C) groups is 1. The van der Waals surface area contributed by atoms with Crippen LogP contribution in [0.15, 0.2) is 76.3 Å². The van der Waals surface area contributed by atoms with E-state index in [1.54, 1.807) is 12.1 Å². The molecule has 3 N–H and O–H groups in total. The van der Waals surface area contributed by atoms with Gasteiger partial charge in [-0.2, -0.15) is 0 Å². The Bertz CT molecular complexity index is 977. The van der Waals surface area contributed by atoms with Crippen molar-refractivity contribution in [1.29, 1.82) is 0 Å². The Hall–Kier alpha value is -2.52. The number of furan rings is 1. The highest BCUT2D eigenvalue weighted by Crippen LogP contribution is 2.15. The van der Waals surface area contributed by atoms with E-state index in [0.717, 1.165) is 22.7 Å². The molecular weight excluding hydrogens is 515 g/mol. The lowest BCUT2D eigenvalue weighted by Crippen LogP contribution is -2.36. The molecule has 0 aliphatic heterocycles. The van der Waals surface area contributed by atoms with Crippen LogP contribution in [-0.2, 0) is 13.1 Å². The second-order valence-electron chi connectivity index (χ2n) is 6.27. The number of hydrogen-bond acceptors (Lipinski definition) is 3. The van der Waals surface area contributed by atoms with E-state index in [0.29, 0.717) is 24.7 Å². The predicted molar refractivity (Wildman–Crippen MR) is 132 cm³/mol. The van der Waals surface area contributed by atoms with Gasteiger partial charge in [-0.3, -0.25) is 4.79 Å². The topological polar surface area (TPSA) is 78.7 Å². The van der Waals surface area contributed by atoms with E-state index in [1.165, 1.54) is 6.26 Å². The summed E-state index contributed by atoms with van der Waals surface area (Å²) in [6.45, 7) is 3.79. The van der Waals surface area contributed by atoms with Gasteiger partial charge < -0.3 is 20.4 Å².